The monoisotopic (exact) mass is 839 g/mol. The molecule has 59 heavy (non-hydrogen) atoms. The van der Waals surface area contributed by atoms with E-state index >= 15 is 0 Å². The molecule has 2 bridgehead atoms. The summed E-state index contributed by atoms with van der Waals surface area (Å²) in [5.74, 6) is -1.07. The SMILES string of the molecule is Cn1c(C(=O)Nc2cccc(-c3cccc(NC(=O)c4cc5c(cn4)CN([C@H]4CC[C@@H](O)CC4)CC5)c3Cl)c2Cl)nc2c1CCN(CCC13CCC(C(=O)O)(CC1)C3)C2. The third kappa shape index (κ3) is 7.67. The Labute approximate surface area is 354 Å². The number of imidazole rings is 1. The van der Waals surface area contributed by atoms with Crippen LogP contribution in [0.4, 0.5) is 11.4 Å². The lowest BCUT2D eigenvalue weighted by Crippen LogP contribution is -2.42. The molecule has 2 aromatic carbocycles. The van der Waals surface area contributed by atoms with Crippen molar-refractivity contribution in [3.63, 3.8) is 0 Å². The Morgan fingerprint density at radius 1 is 0.864 bits per heavy atom. The number of benzene rings is 2. The van der Waals surface area contributed by atoms with Gasteiger partial charge in [0.15, 0.2) is 5.82 Å². The van der Waals surface area contributed by atoms with Crippen LogP contribution in [0.3, 0.4) is 0 Å². The summed E-state index contributed by atoms with van der Waals surface area (Å²) in [6.07, 6.45) is 12.3. The maximum absolute atomic E-state index is 13.8. The number of hydrogen-bond donors (Lipinski definition) is 4. The van der Waals surface area contributed by atoms with Crippen molar-refractivity contribution in [2.24, 2.45) is 17.9 Å². The summed E-state index contributed by atoms with van der Waals surface area (Å²) in [5.41, 5.74) is 6.12. The van der Waals surface area contributed by atoms with Gasteiger partial charge in [0, 0.05) is 68.7 Å². The number of carboxylic acids is 1. The van der Waals surface area contributed by atoms with E-state index in [1.165, 1.54) is 0 Å². The van der Waals surface area contributed by atoms with Gasteiger partial charge in [-0.15, -0.1) is 0 Å². The van der Waals surface area contributed by atoms with Crippen molar-refractivity contribution in [1.29, 1.82) is 0 Å². The zero-order valence-corrected chi connectivity index (χ0v) is 34.9. The number of carbonyl (C=O) groups is 3. The van der Waals surface area contributed by atoms with Crippen molar-refractivity contribution in [2.75, 3.05) is 30.3 Å². The lowest BCUT2D eigenvalue weighted by atomic mass is 9.80. The summed E-state index contributed by atoms with van der Waals surface area (Å²) in [6, 6.07) is 13.0. The summed E-state index contributed by atoms with van der Waals surface area (Å²) in [5, 5.41) is 26.3. The number of hydrogen-bond acceptors (Lipinski definition) is 8. The summed E-state index contributed by atoms with van der Waals surface area (Å²) in [6.45, 7) is 4.10. The van der Waals surface area contributed by atoms with Gasteiger partial charge >= 0.3 is 5.97 Å². The fourth-order valence-electron chi connectivity index (χ4n) is 10.7. The molecule has 0 radical (unpaired) electrons. The number of halogens is 2. The molecule has 0 atom stereocenters. The van der Waals surface area contributed by atoms with Gasteiger partial charge in [0.25, 0.3) is 11.8 Å². The van der Waals surface area contributed by atoms with Gasteiger partial charge in [0.05, 0.1) is 38.6 Å². The van der Waals surface area contributed by atoms with Crippen LogP contribution < -0.4 is 10.6 Å². The van der Waals surface area contributed by atoms with E-state index < -0.39 is 11.4 Å². The predicted molar refractivity (Wildman–Crippen MR) is 227 cm³/mol. The van der Waals surface area contributed by atoms with Crippen molar-refractivity contribution in [1.82, 2.24) is 24.3 Å². The number of carbonyl (C=O) groups excluding carboxylic acids is 2. The van der Waals surface area contributed by atoms with E-state index in [1.807, 2.05) is 29.8 Å². The third-order valence-corrected chi connectivity index (χ3v) is 15.1. The molecule has 3 saturated carbocycles. The van der Waals surface area contributed by atoms with Gasteiger partial charge in [0.2, 0.25) is 0 Å². The van der Waals surface area contributed by atoms with Crippen LogP contribution in [-0.2, 0) is 37.8 Å². The number of amides is 2. The quantitative estimate of drug-likeness (QED) is 0.126. The minimum absolute atomic E-state index is 0.131. The first-order valence-electron chi connectivity index (χ1n) is 21.0. The largest absolute Gasteiger partial charge is 0.481 e. The normalized spacial score (nSPS) is 25.4. The van der Waals surface area contributed by atoms with Crippen LogP contribution >= 0.6 is 23.2 Å². The number of aliphatic carboxylic acids is 1. The number of anilines is 2. The number of aliphatic hydroxyl groups is 1. The number of nitrogens with zero attached hydrogens (tertiary/aromatic N) is 5. The van der Waals surface area contributed by atoms with Gasteiger partial charge in [-0.3, -0.25) is 29.2 Å². The van der Waals surface area contributed by atoms with Gasteiger partial charge in [-0.25, -0.2) is 4.98 Å². The lowest BCUT2D eigenvalue weighted by molar-refractivity contribution is -0.148. The smallest absolute Gasteiger partial charge is 0.309 e. The zero-order chi connectivity index (χ0) is 41.1. The van der Waals surface area contributed by atoms with E-state index in [0.29, 0.717) is 56.7 Å². The van der Waals surface area contributed by atoms with Crippen molar-refractivity contribution >= 4 is 52.4 Å². The number of aromatic nitrogens is 3. The van der Waals surface area contributed by atoms with Crippen LogP contribution in [0.2, 0.25) is 10.0 Å². The molecule has 4 heterocycles. The van der Waals surface area contributed by atoms with E-state index in [-0.39, 0.29) is 23.3 Å². The maximum atomic E-state index is 13.8. The van der Waals surface area contributed by atoms with Crippen LogP contribution in [0.1, 0.15) is 108 Å². The van der Waals surface area contributed by atoms with Crippen molar-refractivity contribution < 1.29 is 24.6 Å². The highest BCUT2D eigenvalue weighted by molar-refractivity contribution is 6.40. The van der Waals surface area contributed by atoms with Crippen LogP contribution in [-0.4, -0.2) is 84.1 Å². The van der Waals surface area contributed by atoms with E-state index in [9.17, 15) is 24.6 Å². The number of rotatable bonds is 10. The Bertz CT molecular complexity index is 2310. The highest BCUT2D eigenvalue weighted by Crippen LogP contribution is 2.63. The number of carboxylic acid groups (broad SMARTS) is 1. The first-order chi connectivity index (χ1) is 28.4. The van der Waals surface area contributed by atoms with Gasteiger partial charge in [-0.2, -0.15) is 0 Å². The Morgan fingerprint density at radius 3 is 2.20 bits per heavy atom. The van der Waals surface area contributed by atoms with E-state index in [1.54, 1.807) is 30.5 Å². The average Bonchev–Trinajstić information content (AvgIpc) is 3.92. The second-order valence-electron chi connectivity index (χ2n) is 17.7. The Kier molecular flexibility index (Phi) is 10.8. The molecule has 5 aliphatic rings. The molecule has 12 nitrogen and oxygen atoms in total. The summed E-state index contributed by atoms with van der Waals surface area (Å²) < 4.78 is 1.87. The van der Waals surface area contributed by atoms with E-state index in [4.69, 9.17) is 28.2 Å². The van der Waals surface area contributed by atoms with Crippen molar-refractivity contribution in [3.8, 4) is 11.1 Å². The summed E-state index contributed by atoms with van der Waals surface area (Å²) >= 11 is 13.9. The van der Waals surface area contributed by atoms with Crippen LogP contribution in [0.5, 0.6) is 0 Å². The van der Waals surface area contributed by atoms with Crippen LogP contribution in [0.15, 0.2) is 48.7 Å². The zero-order valence-electron chi connectivity index (χ0n) is 33.4. The molecule has 310 valence electrons. The number of pyridine rings is 1. The number of nitrogens with one attached hydrogen (secondary N) is 2. The highest BCUT2D eigenvalue weighted by Gasteiger charge is 2.57. The third-order valence-electron chi connectivity index (χ3n) is 14.3. The Morgan fingerprint density at radius 2 is 1.54 bits per heavy atom. The first-order valence-corrected chi connectivity index (χ1v) is 21.8. The fourth-order valence-corrected chi connectivity index (χ4v) is 11.2. The molecule has 9 rings (SSSR count). The molecule has 0 spiro atoms. The van der Waals surface area contributed by atoms with Gasteiger partial charge < -0.3 is 25.4 Å². The average molecular weight is 841 g/mol. The van der Waals surface area contributed by atoms with Crippen LogP contribution in [0.25, 0.3) is 11.1 Å². The van der Waals surface area contributed by atoms with Crippen molar-refractivity contribution in [3.05, 3.63) is 92.7 Å². The molecule has 3 fully saturated rings. The molecule has 3 aliphatic carbocycles. The molecule has 2 aromatic heterocycles. The molecule has 4 aromatic rings. The molecule has 0 saturated heterocycles. The van der Waals surface area contributed by atoms with E-state index in [2.05, 4.69) is 25.4 Å². The minimum atomic E-state index is -0.629. The summed E-state index contributed by atoms with van der Waals surface area (Å²) in [4.78, 5) is 53.4. The molecular weight excluding hydrogens is 789 g/mol. The predicted octanol–water partition coefficient (Wildman–Crippen LogP) is 7.74. The second-order valence-corrected chi connectivity index (χ2v) is 18.4. The molecular formula is C45H51Cl2N7O5. The molecule has 2 aliphatic heterocycles. The standard InChI is InChI=1S/C45H51Cl2N7O5/c1-52-37-13-19-53(21-18-44-14-16-45(26-44,17-15-44)43(58)59)25-36(37)49-40(52)42(57)51-34-7-3-5-32(39(34)47)31-4-2-6-33(38(31)46)50-41(56)35-22-27-12-20-54(24-28(27)23-48-35)29-8-10-30(55)11-9-29/h2-7,22-23,29-30,55H,8-21,24-26H2,1H3,(H,50,56)(H,51,57)(H,58,59)/t29-,30+,44?,45?. The first kappa shape index (κ1) is 40.1. The van der Waals surface area contributed by atoms with Gasteiger partial charge in [-0.1, -0.05) is 47.5 Å². The van der Waals surface area contributed by atoms with Gasteiger partial charge in [0.1, 0.15) is 5.69 Å². The fraction of sp³-hybridized carbons (Fsp3) is 0.489. The molecule has 0 unspecified atom stereocenters. The molecule has 4 N–H and O–H groups in total. The Hall–Kier alpha value is -4.33. The molecule has 14 heteroatoms. The number of aliphatic hydroxyl groups excluding tert-OH is 1. The second kappa shape index (κ2) is 15.9. The van der Waals surface area contributed by atoms with Gasteiger partial charge in [-0.05, 0) is 112 Å². The maximum Gasteiger partial charge on any atom is 0.309 e. The van der Waals surface area contributed by atoms with Crippen molar-refractivity contribution in [2.45, 2.75) is 102 Å². The minimum Gasteiger partial charge on any atom is -0.481 e. The topological polar surface area (TPSA) is 153 Å². The highest BCUT2D eigenvalue weighted by atomic mass is 35.5. The van der Waals surface area contributed by atoms with Crippen LogP contribution in [0, 0.1) is 10.8 Å². The number of fused-ring (bicyclic) bond motifs is 4. The molecule has 2 amide bonds. The Balaban J connectivity index is 0.845. The lowest BCUT2D eigenvalue weighted by Gasteiger charge is -2.38. The summed E-state index contributed by atoms with van der Waals surface area (Å²) in [7, 11) is 1.87. The van der Waals surface area contributed by atoms with E-state index in [0.717, 1.165) is 126 Å².